The van der Waals surface area contributed by atoms with Crippen molar-refractivity contribution in [1.82, 2.24) is 21.1 Å². The lowest BCUT2D eigenvalue weighted by Gasteiger charge is -2.14. The maximum atomic E-state index is 11.5. The Morgan fingerprint density at radius 1 is 1.27 bits per heavy atom. The van der Waals surface area contributed by atoms with E-state index in [0.717, 1.165) is 11.8 Å². The average molecular weight is 326 g/mol. The largest absolute Gasteiger partial charge is 0.467 e. The third-order valence-corrected chi connectivity index (χ3v) is 3.60. The number of rotatable bonds is 4. The Balaban J connectivity index is 1.66. The molecule has 0 unspecified atom stereocenters. The molecule has 0 atom stereocenters. The van der Waals surface area contributed by atoms with Gasteiger partial charge in [0.1, 0.15) is 12.3 Å². The number of carbonyl (C=O) groups is 4. The number of thioether (sulfide) groups is 1. The SMILES string of the molecule is O=C(CN1CCSC1=O)NNC(=O)C(=O)NCc1ccco1. The van der Waals surface area contributed by atoms with Crippen LogP contribution in [-0.4, -0.2) is 46.7 Å². The summed E-state index contributed by atoms with van der Waals surface area (Å²) in [6.07, 6.45) is 1.44. The van der Waals surface area contributed by atoms with Gasteiger partial charge in [-0.05, 0) is 12.1 Å². The van der Waals surface area contributed by atoms with Gasteiger partial charge in [0, 0.05) is 12.3 Å². The molecule has 1 aromatic rings. The lowest BCUT2D eigenvalue weighted by molar-refractivity contribution is -0.141. The van der Waals surface area contributed by atoms with Gasteiger partial charge in [-0.15, -0.1) is 0 Å². The highest BCUT2D eigenvalue weighted by Gasteiger charge is 2.23. The molecule has 0 radical (unpaired) electrons. The first kappa shape index (κ1) is 15.9. The van der Waals surface area contributed by atoms with Crippen LogP contribution in [0.3, 0.4) is 0 Å². The molecule has 0 spiro atoms. The lowest BCUT2D eigenvalue weighted by atomic mass is 10.4. The van der Waals surface area contributed by atoms with Crippen LogP contribution in [0.5, 0.6) is 0 Å². The third-order valence-electron chi connectivity index (χ3n) is 2.70. The van der Waals surface area contributed by atoms with Crippen molar-refractivity contribution < 1.29 is 23.6 Å². The first-order valence-corrected chi connectivity index (χ1v) is 7.36. The molecule has 2 rings (SSSR count). The summed E-state index contributed by atoms with van der Waals surface area (Å²) in [5, 5.41) is 2.14. The highest BCUT2D eigenvalue weighted by molar-refractivity contribution is 8.13. The number of amides is 4. The molecule has 2 heterocycles. The Labute approximate surface area is 129 Å². The van der Waals surface area contributed by atoms with Gasteiger partial charge in [-0.3, -0.25) is 30.0 Å². The molecule has 1 aliphatic heterocycles. The molecule has 1 saturated heterocycles. The van der Waals surface area contributed by atoms with Gasteiger partial charge in [-0.1, -0.05) is 11.8 Å². The van der Waals surface area contributed by atoms with E-state index in [4.69, 9.17) is 4.42 Å². The molecule has 4 amide bonds. The Hall–Kier alpha value is -2.49. The smallest absolute Gasteiger partial charge is 0.327 e. The Morgan fingerprint density at radius 3 is 2.73 bits per heavy atom. The number of hydrogen-bond acceptors (Lipinski definition) is 6. The molecule has 0 aliphatic carbocycles. The van der Waals surface area contributed by atoms with E-state index < -0.39 is 17.7 Å². The van der Waals surface area contributed by atoms with Gasteiger partial charge in [0.15, 0.2) is 0 Å². The van der Waals surface area contributed by atoms with Crippen molar-refractivity contribution in [3.63, 3.8) is 0 Å². The second-order valence-corrected chi connectivity index (χ2v) is 5.35. The van der Waals surface area contributed by atoms with Crippen LogP contribution in [0.2, 0.25) is 0 Å². The van der Waals surface area contributed by atoms with Crippen LogP contribution in [0.4, 0.5) is 4.79 Å². The zero-order valence-corrected chi connectivity index (χ0v) is 12.3. The van der Waals surface area contributed by atoms with Gasteiger partial charge >= 0.3 is 11.8 Å². The maximum Gasteiger partial charge on any atom is 0.327 e. The number of hydrazine groups is 1. The molecule has 22 heavy (non-hydrogen) atoms. The van der Waals surface area contributed by atoms with Crippen LogP contribution >= 0.6 is 11.8 Å². The van der Waals surface area contributed by atoms with Gasteiger partial charge in [0.2, 0.25) is 0 Å². The number of carbonyl (C=O) groups excluding carboxylic acids is 4. The minimum Gasteiger partial charge on any atom is -0.467 e. The fourth-order valence-electron chi connectivity index (χ4n) is 1.63. The molecule has 3 N–H and O–H groups in total. The first-order chi connectivity index (χ1) is 10.6. The third kappa shape index (κ3) is 4.52. The number of furan rings is 1. The van der Waals surface area contributed by atoms with Gasteiger partial charge < -0.3 is 14.6 Å². The zero-order chi connectivity index (χ0) is 15.9. The molecular weight excluding hydrogens is 312 g/mol. The molecule has 118 valence electrons. The second-order valence-electron chi connectivity index (χ2n) is 4.30. The Morgan fingerprint density at radius 2 is 2.09 bits per heavy atom. The van der Waals surface area contributed by atoms with Crippen molar-refractivity contribution in [2.75, 3.05) is 18.8 Å². The normalized spacial score (nSPS) is 13.8. The summed E-state index contributed by atoms with van der Waals surface area (Å²) in [6.45, 7) is 0.376. The van der Waals surface area contributed by atoms with E-state index in [1.54, 1.807) is 12.1 Å². The summed E-state index contributed by atoms with van der Waals surface area (Å²) >= 11 is 1.13. The molecule has 10 heteroatoms. The fourth-order valence-corrected chi connectivity index (χ4v) is 2.45. The highest BCUT2D eigenvalue weighted by atomic mass is 32.2. The lowest BCUT2D eigenvalue weighted by Crippen LogP contribution is -2.50. The van der Waals surface area contributed by atoms with Crippen LogP contribution in [0.1, 0.15) is 5.76 Å². The maximum absolute atomic E-state index is 11.5. The minimum atomic E-state index is -1.01. The number of nitrogens with one attached hydrogen (secondary N) is 3. The van der Waals surface area contributed by atoms with Crippen LogP contribution in [-0.2, 0) is 20.9 Å². The van der Waals surface area contributed by atoms with Crippen LogP contribution in [0, 0.1) is 0 Å². The van der Waals surface area contributed by atoms with E-state index >= 15 is 0 Å². The summed E-state index contributed by atoms with van der Waals surface area (Å²) in [5.74, 6) is -1.38. The van der Waals surface area contributed by atoms with Crippen LogP contribution in [0.25, 0.3) is 0 Å². The van der Waals surface area contributed by atoms with Crippen molar-refractivity contribution in [3.8, 4) is 0 Å². The molecule has 1 aromatic heterocycles. The van der Waals surface area contributed by atoms with Gasteiger partial charge in [-0.2, -0.15) is 0 Å². The molecule has 0 aromatic carbocycles. The summed E-state index contributed by atoms with van der Waals surface area (Å²) in [4.78, 5) is 47.1. The van der Waals surface area contributed by atoms with Gasteiger partial charge in [-0.25, -0.2) is 0 Å². The Bertz CT molecular complexity index is 574. The van der Waals surface area contributed by atoms with E-state index in [0.29, 0.717) is 18.1 Å². The van der Waals surface area contributed by atoms with Gasteiger partial charge in [0.25, 0.3) is 11.1 Å². The van der Waals surface area contributed by atoms with Crippen molar-refractivity contribution in [3.05, 3.63) is 24.2 Å². The van der Waals surface area contributed by atoms with E-state index in [2.05, 4.69) is 10.7 Å². The fraction of sp³-hybridized carbons (Fsp3) is 0.333. The predicted octanol–water partition coefficient (Wildman–Crippen LogP) is -0.788. The standard InChI is InChI=1S/C12H14N4O5S/c17-9(7-16-3-5-22-12(16)20)14-15-11(19)10(18)13-6-8-2-1-4-21-8/h1-2,4H,3,5-7H2,(H,13,18)(H,14,17)(H,15,19). The summed E-state index contributed by atoms with van der Waals surface area (Å²) < 4.78 is 4.99. The van der Waals surface area contributed by atoms with Crippen molar-refractivity contribution in [2.24, 2.45) is 0 Å². The minimum absolute atomic E-state index is 0.0622. The van der Waals surface area contributed by atoms with E-state index in [-0.39, 0.29) is 18.3 Å². The molecule has 9 nitrogen and oxygen atoms in total. The van der Waals surface area contributed by atoms with Crippen molar-refractivity contribution in [1.29, 1.82) is 0 Å². The van der Waals surface area contributed by atoms with Gasteiger partial charge in [0.05, 0.1) is 12.8 Å². The van der Waals surface area contributed by atoms with E-state index in [9.17, 15) is 19.2 Å². The topological polar surface area (TPSA) is 121 Å². The van der Waals surface area contributed by atoms with Crippen LogP contribution in [0.15, 0.2) is 22.8 Å². The van der Waals surface area contributed by atoms with E-state index in [1.807, 2.05) is 5.43 Å². The quantitative estimate of drug-likeness (QED) is 0.493. The van der Waals surface area contributed by atoms with Crippen LogP contribution < -0.4 is 16.2 Å². The van der Waals surface area contributed by atoms with E-state index in [1.165, 1.54) is 11.2 Å². The highest BCUT2D eigenvalue weighted by Crippen LogP contribution is 2.16. The first-order valence-electron chi connectivity index (χ1n) is 6.37. The Kier molecular flexibility index (Phi) is 5.42. The second kappa shape index (κ2) is 7.50. The summed E-state index contributed by atoms with van der Waals surface area (Å²) in [7, 11) is 0. The molecule has 1 aliphatic rings. The number of hydrogen-bond donors (Lipinski definition) is 3. The van der Waals surface area contributed by atoms with Crippen molar-refractivity contribution in [2.45, 2.75) is 6.54 Å². The summed E-state index contributed by atoms with van der Waals surface area (Å²) in [6, 6.07) is 3.30. The average Bonchev–Trinajstić information content (AvgIpc) is 3.15. The molecule has 0 saturated carbocycles. The molecule has 0 bridgehead atoms. The predicted molar refractivity (Wildman–Crippen MR) is 76.3 cm³/mol. The molecular formula is C12H14N4O5S. The number of nitrogens with zero attached hydrogens (tertiary/aromatic N) is 1. The molecule has 1 fully saturated rings. The van der Waals surface area contributed by atoms with Crippen molar-refractivity contribution >= 4 is 34.7 Å². The summed E-state index contributed by atoms with van der Waals surface area (Å²) in [5.41, 5.74) is 4.05. The monoisotopic (exact) mass is 326 g/mol. The zero-order valence-electron chi connectivity index (χ0n) is 11.5.